The Bertz CT molecular complexity index is 7930. The van der Waals surface area contributed by atoms with Gasteiger partial charge < -0.3 is 35.5 Å². The third kappa shape index (κ3) is 22.5. The van der Waals surface area contributed by atoms with Crippen molar-refractivity contribution in [3.05, 3.63) is 265 Å². The second kappa shape index (κ2) is 38.9. The van der Waals surface area contributed by atoms with E-state index in [1.54, 1.807) is 193 Å². The SMILES string of the molecule is CC(F)Oc1cccc(-c2nn(-c3ccc(F)cc3)c3cc(C(=O)N[C@@]4(C)CCS(=O)(=O)C4)cnc23)c1.CC(F)Oc1cccc(-c2nn(-c3ccc(F)cc3)c3cc(C(=O)N[C@@]4(C)CCS(=O)(=O)C4)ncc23)c1.CC(F)Oc1cccc(-c2nn(-c3ncc(F)cn3)c3cc(C(=O)NC4(C)CS(=O)(=O)C4)cnc23)c1.Cn1nccc1-c1nn(-c2ccc(F)cc2)c2cc(C(=O)N[C@@]3(C)CCS(=O)(=O)C3)cnc12. The largest absolute Gasteiger partial charge is 0.461 e. The minimum absolute atomic E-state index is 0.0148. The smallest absolute Gasteiger partial charge is 0.270 e. The number of ether oxygens (including phenoxy) is 3. The van der Waals surface area contributed by atoms with Gasteiger partial charge in [-0.15, -0.1) is 0 Å². The van der Waals surface area contributed by atoms with Gasteiger partial charge in [0.1, 0.15) is 79.7 Å². The molecule has 0 spiro atoms. The van der Waals surface area contributed by atoms with Crippen LogP contribution in [0.2, 0.25) is 0 Å². The second-order valence-corrected chi connectivity index (χ2v) is 44.7. The fraction of sp³-hybridized carbons (Fsp3) is 0.268. The van der Waals surface area contributed by atoms with Gasteiger partial charge in [-0.2, -0.15) is 30.2 Å². The molecule has 6 aromatic carbocycles. The first-order valence-electron chi connectivity index (χ1n) is 44.3. The summed E-state index contributed by atoms with van der Waals surface area (Å²) in [5.74, 6) is -3.37. The van der Waals surface area contributed by atoms with Crippen molar-refractivity contribution in [1.82, 2.24) is 100 Å². The van der Waals surface area contributed by atoms with Crippen molar-refractivity contribution in [3.8, 4) is 85.4 Å². The maximum Gasteiger partial charge on any atom is 0.270 e. The van der Waals surface area contributed by atoms with Gasteiger partial charge >= 0.3 is 0 Å². The predicted octanol–water partition coefficient (Wildman–Crippen LogP) is 13.4. The molecular formula is C97H89F7N20O15S4. The highest BCUT2D eigenvalue weighted by atomic mass is 32.2. The molecule has 0 aliphatic carbocycles. The molecule has 3 unspecified atom stereocenters. The van der Waals surface area contributed by atoms with E-state index in [1.165, 1.54) is 92.7 Å². The van der Waals surface area contributed by atoms with E-state index in [0.717, 1.165) is 18.1 Å². The summed E-state index contributed by atoms with van der Waals surface area (Å²) in [6.07, 6.45) is 5.78. The highest BCUT2D eigenvalue weighted by molar-refractivity contribution is 7.93. The van der Waals surface area contributed by atoms with Crippen molar-refractivity contribution >= 4 is 107 Å². The molecular weight excluding hydrogens is 1950 g/mol. The van der Waals surface area contributed by atoms with Crippen LogP contribution in [-0.2, 0) is 46.4 Å². The number of alkyl halides is 3. The normalized spacial score (nSPS) is 18.9. The molecule has 0 saturated carbocycles. The van der Waals surface area contributed by atoms with Crippen LogP contribution in [-0.4, -0.2) is 223 Å². The van der Waals surface area contributed by atoms with Crippen LogP contribution < -0.4 is 35.5 Å². The number of nitrogens with one attached hydrogen (secondary N) is 4. The molecule has 4 saturated heterocycles. The van der Waals surface area contributed by atoms with Gasteiger partial charge in [0.2, 0.25) is 19.1 Å². The number of amides is 4. The van der Waals surface area contributed by atoms with Crippen molar-refractivity contribution in [3.63, 3.8) is 0 Å². The Morgan fingerprint density at radius 1 is 0.364 bits per heavy atom. The minimum Gasteiger partial charge on any atom is -0.461 e. The Labute approximate surface area is 812 Å². The molecule has 4 amide bonds. The number of nitrogens with zero attached hydrogens (tertiary/aromatic N) is 16. The lowest BCUT2D eigenvalue weighted by molar-refractivity contribution is 0.0856. The van der Waals surface area contributed by atoms with Crippen molar-refractivity contribution in [1.29, 1.82) is 0 Å². The van der Waals surface area contributed by atoms with Gasteiger partial charge in [-0.1, -0.05) is 36.4 Å². The number of pyridine rings is 4. The summed E-state index contributed by atoms with van der Waals surface area (Å²) in [6, 6.07) is 45.5. The zero-order chi connectivity index (χ0) is 102. The lowest BCUT2D eigenvalue weighted by Crippen LogP contribution is -2.63. The van der Waals surface area contributed by atoms with Gasteiger partial charge in [0, 0.05) is 80.9 Å². The Balaban J connectivity index is 0.000000131. The summed E-state index contributed by atoms with van der Waals surface area (Å²) >= 11 is 0. The van der Waals surface area contributed by atoms with E-state index in [1.807, 2.05) is 0 Å². The molecule has 46 heteroatoms. The summed E-state index contributed by atoms with van der Waals surface area (Å²) in [4.78, 5) is 77.8. The molecule has 0 radical (unpaired) electrons. The monoisotopic (exact) mass is 2030 g/mol. The number of carbonyl (C=O) groups excluding carboxylic acids is 4. The predicted molar refractivity (Wildman–Crippen MR) is 515 cm³/mol. The summed E-state index contributed by atoms with van der Waals surface area (Å²) in [7, 11) is -11.0. The standard InChI is InChI=1S/2C26H24F2N4O4S.C23H20F2N6O4S.C22H21FN6O3S/c1-16(27)36-21-5-3-4-17(12-21)23-24-22(32(31-23)20-8-6-19(28)7-9-20)13-18(14-29-24)25(33)30-26(2)10-11-37(34,35)15-26;1-16(27)36-20-5-3-4-17(12-20)24-21-14-29-22(25(33)30-26(2)10-11-37(34,35)15-26)13-23(21)32(31-24)19-8-6-18(28)7-9-19;1-13(24)35-17-5-3-4-14(6-17)19-20-18(31(30-19)22-27-9-16(25)10-28-22)7-15(8-26-20)21(32)29-23(2)11-36(33,34)12-23;1-22(8-10-33(31,32)13-22)26-21(30)14-11-18-19(24-12-14)20(17-7-9-25-28(17)2)27-29(18)16-5-3-15(23)4-6-16/h2*3-9,12-14,16H,10-11,15H2,1-2H3,(H,30,33);3-10,13H,11-12H2,1-2H3,(H,29,32);3-7,9,11-12H,8,10,13H2,1-2H3,(H,26,30)/t2*16?,26-;;22-/m00.0/s1. The Hall–Kier alpha value is -15.3. The van der Waals surface area contributed by atoms with Crippen LogP contribution in [0.15, 0.2) is 219 Å². The molecule has 6 atom stereocenters. The molecule has 4 fully saturated rings. The number of hydrogen-bond donors (Lipinski definition) is 4. The average Bonchev–Trinajstić information content (AvgIpc) is 1.61. The van der Waals surface area contributed by atoms with Crippen molar-refractivity contribution < 1.29 is 97.8 Å². The number of aryl methyl sites for hydroxylation is 1. The number of sulfone groups is 4. The van der Waals surface area contributed by atoms with E-state index >= 15 is 0 Å². The third-order valence-corrected chi connectivity index (χ3v) is 31.5. The molecule has 20 rings (SSSR count). The van der Waals surface area contributed by atoms with Crippen LogP contribution in [0.1, 0.15) is 109 Å². The molecule has 4 N–H and O–H groups in total. The summed E-state index contributed by atoms with van der Waals surface area (Å²) in [5, 5.41) is 34.7. The number of hydrogen-bond acceptors (Lipinski definition) is 26. The highest BCUT2D eigenvalue weighted by Gasteiger charge is 2.47. The lowest BCUT2D eigenvalue weighted by atomic mass is 10.0. The van der Waals surface area contributed by atoms with Crippen LogP contribution in [0.4, 0.5) is 30.7 Å². The fourth-order valence-electron chi connectivity index (χ4n) is 17.2. The Morgan fingerprint density at radius 3 is 1.08 bits per heavy atom. The first kappa shape index (κ1) is 99.3. The molecule has 143 heavy (non-hydrogen) atoms. The zero-order valence-electron chi connectivity index (χ0n) is 77.4. The number of carbonyl (C=O) groups is 4. The minimum atomic E-state index is -3.21. The summed E-state index contributed by atoms with van der Waals surface area (Å²) < 4.78 is 212. The maximum atomic E-state index is 13.6. The molecule has 4 aliphatic rings. The van der Waals surface area contributed by atoms with E-state index in [4.69, 9.17) is 19.3 Å². The fourth-order valence-corrected chi connectivity index (χ4v) is 25.5. The van der Waals surface area contributed by atoms with Gasteiger partial charge in [-0.05, 0) is 186 Å². The highest BCUT2D eigenvalue weighted by Crippen LogP contribution is 2.39. The number of benzene rings is 6. The van der Waals surface area contributed by atoms with E-state index in [9.17, 15) is 83.6 Å². The second-order valence-electron chi connectivity index (χ2n) is 36.1. The van der Waals surface area contributed by atoms with Crippen LogP contribution in [0.25, 0.3) is 112 Å². The van der Waals surface area contributed by atoms with E-state index in [0.29, 0.717) is 131 Å². The van der Waals surface area contributed by atoms with Gasteiger partial charge in [0.05, 0.1) is 142 Å². The first-order valence-corrected chi connectivity index (χ1v) is 51.6. The quantitative estimate of drug-likeness (QED) is 0.0458. The van der Waals surface area contributed by atoms with Gasteiger partial charge in [0.25, 0.3) is 29.6 Å². The van der Waals surface area contributed by atoms with Gasteiger partial charge in [-0.3, -0.25) is 43.8 Å². The van der Waals surface area contributed by atoms with E-state index < -0.39 is 122 Å². The van der Waals surface area contributed by atoms with Crippen molar-refractivity contribution in [2.24, 2.45) is 7.05 Å². The number of halogens is 7. The van der Waals surface area contributed by atoms with Crippen LogP contribution >= 0.6 is 0 Å². The average molecular weight is 2040 g/mol. The maximum absolute atomic E-state index is 13.6. The van der Waals surface area contributed by atoms with E-state index in [2.05, 4.69) is 71.6 Å². The number of aromatic nitrogens is 16. The molecule has 35 nitrogen and oxygen atoms in total. The van der Waals surface area contributed by atoms with Crippen LogP contribution in [0, 0.1) is 23.3 Å². The van der Waals surface area contributed by atoms with Crippen molar-refractivity contribution in [2.75, 3.05) is 46.0 Å². The van der Waals surface area contributed by atoms with Crippen LogP contribution in [0.3, 0.4) is 0 Å². The zero-order valence-corrected chi connectivity index (χ0v) is 80.6. The molecule has 0 bridgehead atoms. The summed E-state index contributed by atoms with van der Waals surface area (Å²) in [5.41, 5.74) is 6.66. The Morgan fingerprint density at radius 2 is 0.706 bits per heavy atom. The molecule has 4 aliphatic heterocycles. The third-order valence-electron chi connectivity index (χ3n) is 23.7. The first-order chi connectivity index (χ1) is 67.7. The molecule has 14 heterocycles. The van der Waals surface area contributed by atoms with Gasteiger partial charge in [-0.25, -0.2) is 88.4 Å². The van der Waals surface area contributed by atoms with Gasteiger partial charge in [0.15, 0.2) is 45.2 Å². The van der Waals surface area contributed by atoms with E-state index in [-0.39, 0.29) is 85.9 Å². The van der Waals surface area contributed by atoms with Crippen molar-refractivity contribution in [2.45, 2.75) is 109 Å². The summed E-state index contributed by atoms with van der Waals surface area (Å²) in [6.45, 7) is 10.6. The van der Waals surface area contributed by atoms with Crippen LogP contribution in [0.5, 0.6) is 17.2 Å². The lowest BCUT2D eigenvalue weighted by Gasteiger charge is -2.38. The number of fused-ring (bicyclic) bond motifs is 4. The molecule has 740 valence electrons. The molecule has 10 aromatic heterocycles. The number of rotatable bonds is 22. The molecule has 16 aromatic rings. The topological polar surface area (TPSA) is 447 Å². The Kier molecular flexibility index (Phi) is 27.0.